The summed E-state index contributed by atoms with van der Waals surface area (Å²) in [4.78, 5) is 0. The fraction of sp³-hybridized carbons (Fsp3) is 0.733. The second-order valence-electron chi connectivity index (χ2n) is 11.1. The van der Waals surface area contributed by atoms with E-state index in [4.69, 9.17) is 0 Å². The van der Waals surface area contributed by atoms with Gasteiger partial charge < -0.3 is 0 Å². The minimum atomic E-state index is 0.335. The smallest absolute Gasteiger partial charge is 0.0319 e. The van der Waals surface area contributed by atoms with Crippen LogP contribution in [0.5, 0.6) is 0 Å². The topological polar surface area (TPSA) is 0 Å². The summed E-state index contributed by atoms with van der Waals surface area (Å²) in [6, 6.07) is 9.03. The third-order valence-corrected chi connectivity index (χ3v) is 9.20. The van der Waals surface area contributed by atoms with Crippen LogP contribution >= 0.6 is 0 Å². The van der Waals surface area contributed by atoms with Gasteiger partial charge in [-0.15, -0.1) is 0 Å². The van der Waals surface area contributed by atoms with Crippen molar-refractivity contribution in [3.8, 4) is 11.8 Å². The third-order valence-electron chi connectivity index (χ3n) is 9.20. The molecule has 4 aliphatic carbocycles. The zero-order valence-electron chi connectivity index (χ0n) is 19.8. The molecule has 4 saturated carbocycles. The van der Waals surface area contributed by atoms with Gasteiger partial charge in [-0.25, -0.2) is 0 Å². The number of hydrogen-bond donors (Lipinski definition) is 0. The van der Waals surface area contributed by atoms with Gasteiger partial charge in [-0.05, 0) is 92.7 Å². The van der Waals surface area contributed by atoms with Crippen LogP contribution in [0.2, 0.25) is 0 Å². The quantitative estimate of drug-likeness (QED) is 0.315. The Balaban J connectivity index is 1.30. The lowest BCUT2D eigenvalue weighted by atomic mass is 9.48. The highest BCUT2D eigenvalue weighted by atomic mass is 14.6. The van der Waals surface area contributed by atoms with Gasteiger partial charge in [0, 0.05) is 11.0 Å². The van der Waals surface area contributed by atoms with E-state index >= 15 is 0 Å². The van der Waals surface area contributed by atoms with Gasteiger partial charge in [0.25, 0.3) is 0 Å². The molecule has 0 radical (unpaired) electrons. The van der Waals surface area contributed by atoms with Crippen LogP contribution in [0.1, 0.15) is 121 Å². The zero-order valence-corrected chi connectivity index (χ0v) is 19.8. The van der Waals surface area contributed by atoms with E-state index < -0.39 is 0 Å². The van der Waals surface area contributed by atoms with Crippen molar-refractivity contribution in [1.82, 2.24) is 0 Å². The molecule has 4 aliphatic rings. The fourth-order valence-electron chi connectivity index (χ4n) is 7.01. The highest BCUT2D eigenvalue weighted by molar-refractivity contribution is 5.38. The van der Waals surface area contributed by atoms with E-state index in [9.17, 15) is 0 Å². The maximum absolute atomic E-state index is 3.80. The molecule has 0 saturated heterocycles. The number of unbranched alkanes of at least 4 members (excludes halogenated alkanes) is 2. The monoisotopic (exact) mass is 404 g/mol. The minimum absolute atomic E-state index is 0.335. The van der Waals surface area contributed by atoms with Crippen LogP contribution in [-0.2, 0) is 6.42 Å². The molecule has 0 aliphatic heterocycles. The van der Waals surface area contributed by atoms with Gasteiger partial charge in [0.05, 0.1) is 0 Å². The standard InChI is InChI=1S/C30H44/c1-3-5-6-8-26-13-15-28(16-14-26)30-22-19-29(20-23-30,21-24-30)18-17-27-11-9-25(7-4-2)10-12-27/h9-12,26,28H,3-8,13-16,19-24H2,1-2H3. The molecule has 0 nitrogen and oxygen atoms in total. The number of aryl methyl sites for hydroxylation is 1. The average molecular weight is 405 g/mol. The van der Waals surface area contributed by atoms with Crippen molar-refractivity contribution < 1.29 is 0 Å². The van der Waals surface area contributed by atoms with Crippen LogP contribution < -0.4 is 0 Å². The summed E-state index contributed by atoms with van der Waals surface area (Å²) in [6.45, 7) is 4.58. The van der Waals surface area contributed by atoms with Crippen molar-refractivity contribution in [3.05, 3.63) is 35.4 Å². The van der Waals surface area contributed by atoms with Gasteiger partial charge >= 0.3 is 0 Å². The van der Waals surface area contributed by atoms with Crippen molar-refractivity contribution in [2.45, 2.75) is 117 Å². The van der Waals surface area contributed by atoms with Crippen molar-refractivity contribution in [2.75, 3.05) is 0 Å². The maximum atomic E-state index is 3.80. The van der Waals surface area contributed by atoms with Crippen LogP contribution in [0, 0.1) is 34.5 Å². The molecule has 0 atom stereocenters. The SMILES string of the molecule is CCCCCC1CCC(C23CCC(C#Cc4ccc(CCC)cc4)(CC2)CC3)CC1. The van der Waals surface area contributed by atoms with Crippen molar-refractivity contribution in [2.24, 2.45) is 22.7 Å². The molecule has 4 fully saturated rings. The molecule has 0 N–H and O–H groups in total. The van der Waals surface area contributed by atoms with Gasteiger partial charge in [0.1, 0.15) is 0 Å². The van der Waals surface area contributed by atoms with Crippen LogP contribution in [0.15, 0.2) is 24.3 Å². The first-order chi connectivity index (χ1) is 14.7. The lowest BCUT2D eigenvalue weighted by molar-refractivity contribution is -0.0379. The van der Waals surface area contributed by atoms with E-state index in [0.29, 0.717) is 10.8 Å². The summed E-state index contributed by atoms with van der Waals surface area (Å²) in [5.74, 6) is 9.44. The maximum Gasteiger partial charge on any atom is 0.0319 e. The number of benzene rings is 1. The normalized spacial score (nSPS) is 33.1. The molecule has 0 amide bonds. The van der Waals surface area contributed by atoms with E-state index in [0.717, 1.165) is 11.8 Å². The van der Waals surface area contributed by atoms with Crippen LogP contribution in [0.25, 0.3) is 0 Å². The first kappa shape index (κ1) is 22.0. The van der Waals surface area contributed by atoms with Crippen LogP contribution in [0.4, 0.5) is 0 Å². The summed E-state index contributed by atoms with van der Waals surface area (Å²) in [5, 5.41) is 0. The first-order valence-electron chi connectivity index (χ1n) is 13.3. The lowest BCUT2D eigenvalue weighted by Crippen LogP contribution is -2.45. The highest BCUT2D eigenvalue weighted by Gasteiger charge is 2.51. The number of hydrogen-bond acceptors (Lipinski definition) is 0. The van der Waals surface area contributed by atoms with E-state index in [1.807, 2.05) is 0 Å². The third kappa shape index (κ3) is 4.98. The lowest BCUT2D eigenvalue weighted by Gasteiger charge is -2.56. The summed E-state index contributed by atoms with van der Waals surface area (Å²) in [5.41, 5.74) is 3.69. The van der Waals surface area contributed by atoms with Gasteiger partial charge in [-0.3, -0.25) is 0 Å². The Morgan fingerprint density at radius 3 is 2.07 bits per heavy atom. The Bertz CT molecular complexity index is 695. The summed E-state index contributed by atoms with van der Waals surface area (Å²) in [7, 11) is 0. The summed E-state index contributed by atoms with van der Waals surface area (Å²) in [6.07, 6.45) is 22.8. The Kier molecular flexibility index (Phi) is 7.28. The van der Waals surface area contributed by atoms with E-state index in [-0.39, 0.29) is 0 Å². The molecule has 0 aromatic heterocycles. The Labute approximate surface area is 186 Å². The second-order valence-corrected chi connectivity index (χ2v) is 11.1. The van der Waals surface area contributed by atoms with Crippen molar-refractivity contribution in [3.63, 3.8) is 0 Å². The zero-order chi connectivity index (χ0) is 20.9. The van der Waals surface area contributed by atoms with Gasteiger partial charge in [0.2, 0.25) is 0 Å². The molecule has 0 heteroatoms. The van der Waals surface area contributed by atoms with Crippen LogP contribution in [-0.4, -0.2) is 0 Å². The van der Waals surface area contributed by atoms with Gasteiger partial charge in [0.15, 0.2) is 0 Å². The fourth-order valence-corrected chi connectivity index (χ4v) is 7.01. The first-order valence-corrected chi connectivity index (χ1v) is 13.3. The molecule has 1 aromatic carbocycles. The predicted octanol–water partition coefficient (Wildman–Crippen LogP) is 8.72. The van der Waals surface area contributed by atoms with Gasteiger partial charge in [-0.2, -0.15) is 0 Å². The molecular formula is C30H44. The molecular weight excluding hydrogens is 360 g/mol. The molecule has 0 heterocycles. The molecule has 30 heavy (non-hydrogen) atoms. The predicted molar refractivity (Wildman–Crippen MR) is 129 cm³/mol. The molecule has 0 spiro atoms. The molecule has 164 valence electrons. The van der Waals surface area contributed by atoms with E-state index in [1.54, 1.807) is 0 Å². The summed E-state index contributed by atoms with van der Waals surface area (Å²) < 4.78 is 0. The van der Waals surface area contributed by atoms with Crippen molar-refractivity contribution >= 4 is 0 Å². The molecule has 2 bridgehead atoms. The average Bonchev–Trinajstić information content (AvgIpc) is 2.81. The van der Waals surface area contributed by atoms with Gasteiger partial charge in [-0.1, -0.05) is 82.8 Å². The number of rotatable bonds is 7. The molecule has 5 rings (SSSR count). The highest BCUT2D eigenvalue weighted by Crippen LogP contribution is 2.62. The van der Waals surface area contributed by atoms with Crippen LogP contribution in [0.3, 0.4) is 0 Å². The Morgan fingerprint density at radius 2 is 1.47 bits per heavy atom. The molecule has 0 unspecified atom stereocenters. The van der Waals surface area contributed by atoms with E-state index in [2.05, 4.69) is 50.0 Å². The van der Waals surface area contributed by atoms with Crippen molar-refractivity contribution in [1.29, 1.82) is 0 Å². The number of fused-ring (bicyclic) bond motifs is 3. The largest absolute Gasteiger partial charge is 0.0911 e. The Morgan fingerprint density at radius 1 is 0.800 bits per heavy atom. The van der Waals surface area contributed by atoms with E-state index in [1.165, 1.54) is 114 Å². The second kappa shape index (κ2) is 9.94. The molecule has 1 aromatic rings. The summed E-state index contributed by atoms with van der Waals surface area (Å²) >= 11 is 0. The minimum Gasteiger partial charge on any atom is -0.0911 e. The Hall–Kier alpha value is -1.22.